The second-order valence-electron chi connectivity index (χ2n) is 3.86. The quantitative estimate of drug-likeness (QED) is 0.916. The summed E-state index contributed by atoms with van der Waals surface area (Å²) in [6.07, 6.45) is 6.14. The van der Waals surface area contributed by atoms with Gasteiger partial charge in [-0.15, -0.1) is 0 Å². The first-order chi connectivity index (χ1) is 7.25. The second-order valence-corrected chi connectivity index (χ2v) is 4.78. The van der Waals surface area contributed by atoms with Crippen LogP contribution in [0.2, 0.25) is 0 Å². The Morgan fingerprint density at radius 2 is 2.47 bits per heavy atom. The van der Waals surface area contributed by atoms with Gasteiger partial charge in [0.05, 0.1) is 6.20 Å². The summed E-state index contributed by atoms with van der Waals surface area (Å²) < 4.78 is 6.77. The van der Waals surface area contributed by atoms with E-state index >= 15 is 0 Å². The average Bonchev–Trinajstić information content (AvgIpc) is 2.70. The summed E-state index contributed by atoms with van der Waals surface area (Å²) in [5.41, 5.74) is 0. The molecule has 0 amide bonds. The molecule has 82 valence electrons. The number of hydrogen-bond donors (Lipinski definition) is 1. The van der Waals surface area contributed by atoms with Crippen LogP contribution in [0.15, 0.2) is 22.9 Å². The molecular formula is C11H15BrN2O. The molecule has 15 heavy (non-hydrogen) atoms. The third-order valence-corrected chi connectivity index (χ3v) is 3.10. The van der Waals surface area contributed by atoms with Crippen LogP contribution in [0.1, 0.15) is 19.8 Å². The maximum atomic E-state index is 5.82. The molecule has 0 aromatic carbocycles. The van der Waals surface area contributed by atoms with Crippen molar-refractivity contribution in [3.8, 4) is 5.75 Å². The normalized spacial score (nSPS) is 22.7. The molecule has 0 saturated carbocycles. The van der Waals surface area contributed by atoms with Gasteiger partial charge >= 0.3 is 0 Å². The smallest absolute Gasteiger partial charge is 0.139 e. The number of nitrogens with one attached hydrogen (secondary N) is 1. The van der Waals surface area contributed by atoms with Crippen LogP contribution in [0, 0.1) is 0 Å². The van der Waals surface area contributed by atoms with E-state index in [9.17, 15) is 0 Å². The summed E-state index contributed by atoms with van der Waals surface area (Å²) in [6.45, 7) is 3.21. The van der Waals surface area contributed by atoms with Crippen LogP contribution < -0.4 is 10.1 Å². The summed E-state index contributed by atoms with van der Waals surface area (Å²) in [4.78, 5) is 4.07. The molecule has 4 heteroatoms. The van der Waals surface area contributed by atoms with Crippen LogP contribution in [0.4, 0.5) is 0 Å². The fourth-order valence-electron chi connectivity index (χ4n) is 1.87. The lowest BCUT2D eigenvalue weighted by Gasteiger charge is -2.20. The molecule has 2 rings (SSSR count). The van der Waals surface area contributed by atoms with Crippen molar-refractivity contribution >= 4 is 15.9 Å². The van der Waals surface area contributed by atoms with Crippen molar-refractivity contribution < 1.29 is 4.74 Å². The number of ether oxygens (including phenoxy) is 1. The molecule has 0 bridgehead atoms. The highest BCUT2D eigenvalue weighted by Gasteiger charge is 2.22. The molecule has 1 aromatic heterocycles. The first-order valence-corrected chi connectivity index (χ1v) is 6.05. The van der Waals surface area contributed by atoms with E-state index in [1.54, 1.807) is 12.4 Å². The van der Waals surface area contributed by atoms with Gasteiger partial charge in [-0.3, -0.25) is 4.98 Å². The zero-order chi connectivity index (χ0) is 10.7. The average molecular weight is 271 g/mol. The monoisotopic (exact) mass is 270 g/mol. The maximum Gasteiger partial charge on any atom is 0.139 e. The molecule has 1 N–H and O–H groups in total. The molecule has 2 atom stereocenters. The molecule has 0 aliphatic carbocycles. The van der Waals surface area contributed by atoms with E-state index in [1.165, 1.54) is 12.8 Å². The molecule has 1 unspecified atom stereocenters. The van der Waals surface area contributed by atoms with E-state index in [0.29, 0.717) is 6.04 Å². The van der Waals surface area contributed by atoms with Crippen LogP contribution in [0.25, 0.3) is 0 Å². The highest BCUT2D eigenvalue weighted by molar-refractivity contribution is 9.10. The summed E-state index contributed by atoms with van der Waals surface area (Å²) in [5.74, 6) is 0.825. The summed E-state index contributed by atoms with van der Waals surface area (Å²) >= 11 is 3.38. The fourth-order valence-corrected chi connectivity index (χ4v) is 2.21. The second kappa shape index (κ2) is 4.94. The Hall–Kier alpha value is -0.610. The molecule has 0 spiro atoms. The lowest BCUT2D eigenvalue weighted by Crippen LogP contribution is -2.36. The van der Waals surface area contributed by atoms with Crippen LogP contribution in [0.3, 0.4) is 0 Å². The van der Waals surface area contributed by atoms with E-state index in [4.69, 9.17) is 4.74 Å². The van der Waals surface area contributed by atoms with Crippen LogP contribution in [-0.4, -0.2) is 23.7 Å². The fraction of sp³-hybridized carbons (Fsp3) is 0.545. The molecule has 1 saturated heterocycles. The van der Waals surface area contributed by atoms with Gasteiger partial charge in [-0.25, -0.2) is 0 Å². The van der Waals surface area contributed by atoms with E-state index in [0.717, 1.165) is 16.8 Å². The third kappa shape index (κ3) is 2.92. The number of nitrogens with zero attached hydrogens (tertiary/aromatic N) is 1. The molecule has 3 nitrogen and oxygen atoms in total. The minimum absolute atomic E-state index is 0.198. The molecule has 1 aliphatic rings. The van der Waals surface area contributed by atoms with Crippen LogP contribution in [-0.2, 0) is 0 Å². The number of halogens is 1. The minimum Gasteiger partial charge on any atom is -0.487 e. The summed E-state index contributed by atoms with van der Waals surface area (Å²) in [6, 6.07) is 2.42. The van der Waals surface area contributed by atoms with Gasteiger partial charge in [0.25, 0.3) is 0 Å². The van der Waals surface area contributed by atoms with Gasteiger partial charge in [-0.1, -0.05) is 0 Å². The van der Waals surface area contributed by atoms with E-state index in [1.807, 2.05) is 6.07 Å². The van der Waals surface area contributed by atoms with E-state index in [2.05, 4.69) is 33.2 Å². The third-order valence-electron chi connectivity index (χ3n) is 2.67. The Balaban J connectivity index is 1.95. The van der Waals surface area contributed by atoms with Gasteiger partial charge in [-0.2, -0.15) is 0 Å². The SMILES string of the molecule is CC(Oc1cncc(Br)c1)[C@@H]1CCCN1. The Morgan fingerprint density at radius 1 is 1.60 bits per heavy atom. The van der Waals surface area contributed by atoms with Gasteiger partial charge in [-0.05, 0) is 48.3 Å². The van der Waals surface area contributed by atoms with Crippen molar-refractivity contribution in [1.29, 1.82) is 0 Å². The minimum atomic E-state index is 0.198. The topological polar surface area (TPSA) is 34.1 Å². The van der Waals surface area contributed by atoms with Gasteiger partial charge in [0, 0.05) is 16.7 Å². The van der Waals surface area contributed by atoms with Crippen molar-refractivity contribution in [2.45, 2.75) is 31.9 Å². The molecule has 1 aliphatic heterocycles. The Morgan fingerprint density at radius 3 is 3.13 bits per heavy atom. The van der Waals surface area contributed by atoms with Gasteiger partial charge in [0.2, 0.25) is 0 Å². The van der Waals surface area contributed by atoms with Gasteiger partial charge in [0.15, 0.2) is 0 Å². The summed E-state index contributed by atoms with van der Waals surface area (Å²) in [5, 5.41) is 3.43. The van der Waals surface area contributed by atoms with Crippen molar-refractivity contribution in [1.82, 2.24) is 10.3 Å². The predicted octanol–water partition coefficient (Wildman–Crippen LogP) is 2.36. The zero-order valence-electron chi connectivity index (χ0n) is 8.74. The van der Waals surface area contributed by atoms with Crippen molar-refractivity contribution in [2.75, 3.05) is 6.54 Å². The lowest BCUT2D eigenvalue weighted by molar-refractivity contribution is 0.179. The van der Waals surface area contributed by atoms with Crippen LogP contribution in [0.5, 0.6) is 5.75 Å². The summed E-state index contributed by atoms with van der Waals surface area (Å²) in [7, 11) is 0. The highest BCUT2D eigenvalue weighted by atomic mass is 79.9. The molecule has 1 aromatic rings. The molecule has 2 heterocycles. The van der Waals surface area contributed by atoms with E-state index < -0.39 is 0 Å². The predicted molar refractivity (Wildman–Crippen MR) is 63.1 cm³/mol. The van der Waals surface area contributed by atoms with E-state index in [-0.39, 0.29) is 6.10 Å². The highest BCUT2D eigenvalue weighted by Crippen LogP contribution is 2.19. The molecular weight excluding hydrogens is 256 g/mol. The van der Waals surface area contributed by atoms with Crippen molar-refractivity contribution in [3.63, 3.8) is 0 Å². The maximum absolute atomic E-state index is 5.82. The standard InChI is InChI=1S/C11H15BrN2O/c1-8(11-3-2-4-14-11)15-10-5-9(12)6-13-7-10/h5-8,11,14H,2-4H2,1H3/t8?,11-/m0/s1. The zero-order valence-corrected chi connectivity index (χ0v) is 10.3. The molecule has 0 radical (unpaired) electrons. The molecule has 1 fully saturated rings. The number of hydrogen-bond acceptors (Lipinski definition) is 3. The van der Waals surface area contributed by atoms with Crippen molar-refractivity contribution in [2.24, 2.45) is 0 Å². The lowest BCUT2D eigenvalue weighted by atomic mass is 10.1. The van der Waals surface area contributed by atoms with Crippen molar-refractivity contribution in [3.05, 3.63) is 22.9 Å². The number of pyridine rings is 1. The van der Waals surface area contributed by atoms with Gasteiger partial charge < -0.3 is 10.1 Å². The largest absolute Gasteiger partial charge is 0.487 e. The van der Waals surface area contributed by atoms with Crippen LogP contribution >= 0.6 is 15.9 Å². The van der Waals surface area contributed by atoms with Gasteiger partial charge in [0.1, 0.15) is 11.9 Å². The first-order valence-electron chi connectivity index (χ1n) is 5.26. The number of aromatic nitrogens is 1. The first kappa shape index (κ1) is 10.9. The Bertz CT molecular complexity index is 326. The Kier molecular flexibility index (Phi) is 3.59. The Labute approximate surface area is 98.4 Å². The number of rotatable bonds is 3.